The van der Waals surface area contributed by atoms with Crippen LogP contribution in [0.5, 0.6) is 23.1 Å². The van der Waals surface area contributed by atoms with Gasteiger partial charge in [-0.05, 0) is 106 Å². The summed E-state index contributed by atoms with van der Waals surface area (Å²) in [5.41, 5.74) is 3.04. The van der Waals surface area contributed by atoms with Gasteiger partial charge in [-0.25, -0.2) is 15.0 Å². The van der Waals surface area contributed by atoms with Gasteiger partial charge >= 0.3 is 0 Å². The summed E-state index contributed by atoms with van der Waals surface area (Å²) >= 11 is 6.54. The Morgan fingerprint density at radius 2 is 1.41 bits per heavy atom. The fourth-order valence-electron chi connectivity index (χ4n) is 13.1. The molecule has 1 fully saturated rings. The van der Waals surface area contributed by atoms with Gasteiger partial charge < -0.3 is 34.1 Å². The summed E-state index contributed by atoms with van der Waals surface area (Å²) in [5.74, 6) is 2.19. The number of pyridine rings is 1. The van der Waals surface area contributed by atoms with E-state index in [1.165, 1.54) is 36.8 Å². The lowest BCUT2D eigenvalue weighted by molar-refractivity contribution is -0.438. The molecular formula is C64H70ClN8O17S4+. The van der Waals surface area contributed by atoms with Crippen molar-refractivity contribution < 1.29 is 80.2 Å². The molecule has 5 N–H and O–H groups in total. The minimum absolute atomic E-state index is 0.00243. The Kier molecular flexibility index (Phi) is 18.5. The third kappa shape index (κ3) is 13.3. The van der Waals surface area contributed by atoms with Crippen molar-refractivity contribution in [1.29, 1.82) is 0 Å². The van der Waals surface area contributed by atoms with Gasteiger partial charge in [0, 0.05) is 110 Å². The topological polar surface area (TPSA) is 335 Å². The highest BCUT2D eigenvalue weighted by Crippen LogP contribution is 2.52. The third-order valence-corrected chi connectivity index (χ3v) is 21.0. The van der Waals surface area contributed by atoms with Crippen LogP contribution in [0.15, 0.2) is 129 Å². The fourth-order valence-corrected chi connectivity index (χ4v) is 15.9. The molecule has 498 valence electrons. The Morgan fingerprint density at radius 3 is 2.05 bits per heavy atom. The molecule has 6 heterocycles. The average molecular weight is 1390 g/mol. The van der Waals surface area contributed by atoms with Gasteiger partial charge in [0.25, 0.3) is 46.4 Å². The van der Waals surface area contributed by atoms with E-state index in [0.29, 0.717) is 151 Å². The van der Waals surface area contributed by atoms with E-state index in [0.717, 1.165) is 23.5 Å². The van der Waals surface area contributed by atoms with Crippen molar-refractivity contribution in [2.45, 2.75) is 111 Å². The molecule has 7 aromatic rings. The Morgan fingerprint density at radius 1 is 0.755 bits per heavy atom. The summed E-state index contributed by atoms with van der Waals surface area (Å²) in [4.78, 5) is 30.2. The Balaban J connectivity index is 0.769. The molecule has 0 bridgehead atoms. The lowest BCUT2D eigenvalue weighted by atomic mass is 9.79. The molecule has 0 saturated carbocycles. The van der Waals surface area contributed by atoms with E-state index >= 15 is 0 Å². The number of carbonyl (C=O) groups excluding carboxylic acids is 1. The van der Waals surface area contributed by atoms with E-state index in [4.69, 9.17) is 30.5 Å². The van der Waals surface area contributed by atoms with Crippen molar-refractivity contribution in [2.75, 3.05) is 69.4 Å². The van der Waals surface area contributed by atoms with E-state index < -0.39 is 70.9 Å². The van der Waals surface area contributed by atoms with Crippen molar-refractivity contribution >= 4 is 119 Å². The molecule has 0 radical (unpaired) electrons. The summed E-state index contributed by atoms with van der Waals surface area (Å²) in [6.45, 7) is 17.5. The lowest BCUT2D eigenvalue weighted by Gasteiger charge is -2.34. The van der Waals surface area contributed by atoms with Crippen LogP contribution >= 0.6 is 11.6 Å². The van der Waals surface area contributed by atoms with E-state index in [1.54, 1.807) is 36.4 Å². The highest BCUT2D eigenvalue weighted by Gasteiger charge is 2.47. The molecule has 0 aliphatic carbocycles. The molecule has 0 atom stereocenters. The van der Waals surface area contributed by atoms with Crippen molar-refractivity contribution in [3.8, 4) is 23.1 Å². The summed E-state index contributed by atoms with van der Waals surface area (Å²) in [7, 11) is -19.8. The minimum atomic E-state index is -5.00. The fraction of sp³-hybridized carbons (Fsp3) is 0.359. The third-order valence-electron chi connectivity index (χ3n) is 17.3. The molecule has 94 heavy (non-hydrogen) atoms. The number of ether oxygens (including phenoxy) is 4. The highest BCUT2D eigenvalue weighted by molar-refractivity contribution is 7.87. The largest absolute Gasteiger partial charge is 0.492 e. The average Bonchev–Trinajstić information content (AvgIpc) is 1.54. The second kappa shape index (κ2) is 25.7. The number of nitrogens with one attached hydrogen (secondary N) is 1. The molecule has 0 unspecified atom stereocenters. The van der Waals surface area contributed by atoms with Crippen molar-refractivity contribution in [1.82, 2.24) is 24.8 Å². The first-order chi connectivity index (χ1) is 44.3. The quantitative estimate of drug-likeness (QED) is 0.0182. The number of aromatic nitrogens is 3. The maximum atomic E-state index is 13.7. The Bertz CT molecular complexity index is 4880. The monoisotopic (exact) mass is 1390 g/mol. The summed E-state index contributed by atoms with van der Waals surface area (Å²) in [6.07, 6.45) is 14.0. The number of anilines is 3. The zero-order valence-electron chi connectivity index (χ0n) is 52.3. The minimum Gasteiger partial charge on any atom is -0.492 e. The molecule has 25 nitrogen and oxygen atoms in total. The smallest absolute Gasteiger partial charge is 0.295 e. The van der Waals surface area contributed by atoms with Gasteiger partial charge in [-0.2, -0.15) is 38.2 Å². The van der Waals surface area contributed by atoms with Crippen LogP contribution in [0, 0.1) is 0 Å². The molecule has 11 rings (SSSR count). The number of amides is 1. The van der Waals surface area contributed by atoms with Crippen LogP contribution in [0.1, 0.15) is 85.3 Å². The SMILES string of the molecule is CCN1\C(=C/C=C/C=C/C2=[N+](CCCCCC(=O)N3CCN(CCOc4cc(OC(C)C)c5c(Nc6c(Cl)cnc7c6OCO7)ncnc5c4)CC3)c3ccc4c(S(=O)(=O)O)cc(S(=O)(=O)O)cc4c3C2(C)C)C(C)(C)c2c1ccc1c(S(=O)(=O)O)cc(S(=O)(=O)O)cc21. The number of benzene rings is 5. The summed E-state index contributed by atoms with van der Waals surface area (Å²) in [6, 6.07) is 13.8. The number of allylic oxidation sites excluding steroid dienone is 6. The Labute approximate surface area is 549 Å². The number of carbonyl (C=O) groups is 1. The van der Waals surface area contributed by atoms with Crippen LogP contribution in [0.25, 0.3) is 32.4 Å². The van der Waals surface area contributed by atoms with E-state index in [2.05, 4.69) is 29.7 Å². The van der Waals surface area contributed by atoms with Gasteiger partial charge in [0.05, 0.1) is 43.4 Å². The number of hydrogen-bond donors (Lipinski definition) is 5. The maximum Gasteiger partial charge on any atom is 0.295 e. The lowest BCUT2D eigenvalue weighted by Crippen LogP contribution is -2.49. The van der Waals surface area contributed by atoms with Gasteiger partial charge in [0.1, 0.15) is 52.3 Å². The van der Waals surface area contributed by atoms with E-state index in [-0.39, 0.29) is 40.3 Å². The maximum absolute atomic E-state index is 13.7. The number of nitrogens with zero attached hydrogens (tertiary/aromatic N) is 7. The molecule has 5 aromatic carbocycles. The summed E-state index contributed by atoms with van der Waals surface area (Å²) < 4.78 is 167. The van der Waals surface area contributed by atoms with Gasteiger partial charge in [0.2, 0.25) is 24.1 Å². The predicted octanol–water partition coefficient (Wildman–Crippen LogP) is 10.2. The van der Waals surface area contributed by atoms with Gasteiger partial charge in [-0.3, -0.25) is 27.9 Å². The van der Waals surface area contributed by atoms with Gasteiger partial charge in [-0.15, -0.1) is 0 Å². The van der Waals surface area contributed by atoms with Crippen LogP contribution in [0.2, 0.25) is 5.02 Å². The predicted molar refractivity (Wildman–Crippen MR) is 353 cm³/mol. The normalized spacial score (nSPS) is 17.1. The molecule has 0 spiro atoms. The first kappa shape index (κ1) is 67.6. The first-order valence-corrected chi connectivity index (χ1v) is 36.3. The summed E-state index contributed by atoms with van der Waals surface area (Å²) in [5, 5.41) is 4.67. The molecular weight excluding hydrogens is 1320 g/mol. The number of hydrogen-bond acceptors (Lipinski definition) is 19. The zero-order chi connectivity index (χ0) is 67.6. The standard InChI is InChI=1S/C64H69ClN8O17S4/c1-8-72-48-20-18-42-44(31-40(91(75,76)77)33-51(42)93(81,82)83)57(48)63(4,5)53(72)15-11-9-12-16-54-64(6,7)58-45-32-41(92(78,79)80)34-52(94(84,85)86)43(45)19-21-49(58)73(54)22-14-10-13-17-55(74)71-25-23-70(24-26-71)27-28-87-39-29-47-56(50(30-39)90-38(2)3)61(68-36-67-47)69-59-46(65)35-66-62-60(59)88-37-89-62/h9,11-12,15-16,18-21,29-36,38H,8,10,13-14,17,22-28,37H2,1-7H3,(H4-,66,67,68,69,75,76,77,78,79,80,81,82,83,84,85,86)/p+1. The van der Waals surface area contributed by atoms with E-state index in [9.17, 15) is 56.7 Å². The molecule has 1 saturated heterocycles. The van der Waals surface area contributed by atoms with Crippen LogP contribution in [0.4, 0.5) is 22.9 Å². The van der Waals surface area contributed by atoms with Gasteiger partial charge in [0.15, 0.2) is 5.71 Å². The number of fused-ring (bicyclic) bond motifs is 8. The number of halogens is 1. The highest BCUT2D eigenvalue weighted by atomic mass is 35.5. The molecule has 30 heteroatoms. The van der Waals surface area contributed by atoms with Crippen LogP contribution < -0.4 is 29.2 Å². The van der Waals surface area contributed by atoms with Crippen molar-refractivity contribution in [2.24, 2.45) is 0 Å². The number of likely N-dealkylation sites (N-methyl/N-ethyl adjacent to an activating group) is 1. The van der Waals surface area contributed by atoms with Crippen LogP contribution in [0.3, 0.4) is 0 Å². The number of unbranched alkanes of at least 4 members (excludes halogenated alkanes) is 2. The van der Waals surface area contributed by atoms with Gasteiger partial charge in [-0.1, -0.05) is 49.7 Å². The van der Waals surface area contributed by atoms with Crippen molar-refractivity contribution in [3.05, 3.63) is 125 Å². The second-order valence-corrected chi connectivity index (χ2v) is 30.4. The molecule has 2 aromatic heterocycles. The second-order valence-electron chi connectivity index (χ2n) is 24.4. The zero-order valence-corrected chi connectivity index (χ0v) is 56.3. The van der Waals surface area contributed by atoms with E-state index in [1.807, 2.05) is 76.5 Å². The van der Waals surface area contributed by atoms with Crippen molar-refractivity contribution in [3.63, 3.8) is 0 Å². The molecule has 4 aliphatic rings. The van der Waals surface area contributed by atoms with Crippen LogP contribution in [-0.4, -0.2) is 158 Å². The number of rotatable bonds is 22. The molecule has 1 amide bonds. The van der Waals surface area contributed by atoms with Crippen LogP contribution in [-0.2, 0) is 56.1 Å². The Hall–Kier alpha value is -7.84. The number of piperazine rings is 1. The molecule has 4 aliphatic heterocycles. The first-order valence-electron chi connectivity index (χ1n) is 30.2.